The Morgan fingerprint density at radius 2 is 0.793 bits per heavy atom. The van der Waals surface area contributed by atoms with Crippen molar-refractivity contribution in [3.05, 3.63) is 101 Å². The molecule has 0 unspecified atom stereocenters. The lowest BCUT2D eigenvalue weighted by Gasteiger charge is -2.18. The molecule has 78 heteroatoms. The quantitative estimate of drug-likeness (QED) is 0.00986. The van der Waals surface area contributed by atoms with Crippen LogP contribution in [0.5, 0.6) is 0 Å². The fraction of sp³-hybridized carbons (Fsp3) is 0.522. The van der Waals surface area contributed by atoms with Crippen molar-refractivity contribution in [2.24, 2.45) is 17.2 Å². The van der Waals surface area contributed by atoms with Crippen LogP contribution >= 0.6 is 58.5 Å². The molecule has 0 amide bonds. The molecule has 6 fully saturated rings. The number of nitrogen functional groups attached to an aromatic ring is 1. The van der Waals surface area contributed by atoms with E-state index in [0.717, 1.165) is 4.57 Å². The van der Waals surface area contributed by atoms with Crippen molar-refractivity contribution in [1.82, 2.24) is 96.8 Å². The van der Waals surface area contributed by atoms with Crippen LogP contribution in [-0.2, 0) is 90.0 Å². The fourth-order valence-electron chi connectivity index (χ4n) is 15.0. The molecule has 0 bridgehead atoms. The van der Waals surface area contributed by atoms with Gasteiger partial charge in [-0.15, -0.1) is 0 Å². The van der Waals surface area contributed by atoms with Crippen LogP contribution in [0.2, 0.25) is 5.02 Å². The third kappa shape index (κ3) is 26.2. The number of aliphatic imine (C=N–C) groups is 1. The van der Waals surface area contributed by atoms with E-state index in [1.165, 1.54) is 96.4 Å². The summed E-state index contributed by atoms with van der Waals surface area (Å²) in [6, 6.07) is 3.02. The number of aromatic nitrogens is 20. The molecule has 11 aromatic heterocycles. The van der Waals surface area contributed by atoms with Gasteiger partial charge in [0.2, 0.25) is 5.95 Å². The number of fused-ring (bicyclic) bond motifs is 6. The maximum Gasteiger partial charge on any atom is 0.469 e. The number of aryl methyl sites for hydroxylation is 2. The number of carbonyl (C=O) groups excluding carboxylic acids is 1. The zero-order valence-electron chi connectivity index (χ0n) is 74.1. The van der Waals surface area contributed by atoms with Gasteiger partial charge in [-0.3, -0.25) is 64.7 Å². The van der Waals surface area contributed by atoms with Gasteiger partial charge in [0, 0.05) is 51.1 Å². The molecule has 18 rings (SSSR count). The maximum atomic E-state index is 11.7. The summed E-state index contributed by atoms with van der Waals surface area (Å²) < 4.78 is 133. The minimum atomic E-state index is -4.80. The van der Waals surface area contributed by atoms with Crippen molar-refractivity contribution in [2.75, 3.05) is 70.1 Å². The van der Waals surface area contributed by atoms with E-state index in [4.69, 9.17) is 115 Å². The number of ketones is 1. The molecule has 7 aliphatic rings. The first-order valence-corrected chi connectivity index (χ1v) is 50.8. The Kier molecular flexibility index (Phi) is 35.4. The lowest BCUT2D eigenvalue weighted by atomic mass is 10.1. The number of hydrogen-bond acceptors (Lipinski definition) is 50. The molecule has 0 radical (unpaired) electrons. The summed E-state index contributed by atoms with van der Waals surface area (Å²) in [4.78, 5) is 176. The third-order valence-corrected chi connectivity index (χ3v) is 25.0. The first-order chi connectivity index (χ1) is 68.0. The maximum absolute atomic E-state index is 11.7. The molecule has 0 saturated carbocycles. The molecule has 794 valence electrons. The van der Waals surface area contributed by atoms with Gasteiger partial charge in [0.05, 0.1) is 88.3 Å². The normalized spacial score (nSPS) is 28.0. The van der Waals surface area contributed by atoms with Crippen molar-refractivity contribution in [2.45, 2.75) is 161 Å². The number of nitrogens with one attached hydrogen (secondary N) is 3. The van der Waals surface area contributed by atoms with Gasteiger partial charge in [0.15, 0.2) is 106 Å². The Hall–Kier alpha value is -9.82. The van der Waals surface area contributed by atoms with Gasteiger partial charge >= 0.3 is 46.9 Å². The van der Waals surface area contributed by atoms with E-state index in [0.29, 0.717) is 56.0 Å². The Labute approximate surface area is 811 Å². The predicted octanol–water partition coefficient (Wildman–Crippen LogP) is -6.12. The van der Waals surface area contributed by atoms with E-state index in [2.05, 4.69) is 118 Å². The van der Waals surface area contributed by atoms with Gasteiger partial charge in [0.25, 0.3) is 0 Å². The molecule has 0 spiro atoms. The number of halogens is 1. The lowest BCUT2D eigenvalue weighted by molar-refractivity contribution is -0.0512. The zero-order chi connectivity index (χ0) is 106. The highest BCUT2D eigenvalue weighted by Crippen LogP contribution is 2.47. The summed E-state index contributed by atoms with van der Waals surface area (Å²) in [6.07, 6.45) is -17.0. The molecular weight excluding hydrogens is 2110 g/mol. The predicted molar refractivity (Wildman–Crippen MR) is 473 cm³/mol. The van der Waals surface area contributed by atoms with Crippen molar-refractivity contribution in [3.63, 3.8) is 0 Å². The average molecular weight is 2200 g/mol. The fourth-order valence-corrected chi connectivity index (χ4v) is 17.2. The highest BCUT2D eigenvalue weighted by molar-refractivity contribution is 7.47. The number of aliphatic hydroxyl groups is 12. The number of aliphatic hydroxyl groups excluding tert-OH is 12. The number of hydrogen-bond donors (Lipinski definition) is 28. The summed E-state index contributed by atoms with van der Waals surface area (Å²) in [5.74, 6) is 1.18. The number of nitrogens with zero attached hydrogens (tertiary/aromatic N) is 24. The van der Waals surface area contributed by atoms with Crippen molar-refractivity contribution < 1.29 is 208 Å². The van der Waals surface area contributed by atoms with E-state index >= 15 is 0 Å². The standard InChI is InChI=1S/C12H18N5O7P.C11H13ClN3O7P.C11H14N7O7P.2C11H16N5O7P.C11H14N3O8P/c1-5-15-10(13-2)7-11(16-5)17(4-14-7)12-9(19)8(18)6(24-12)3-23-25(20,21)22;12-5-1-2-13-10-7(5)14-4-15(10)11-9(17)8(16)6(22-11)3-21-23(18,19)20;12-4-1-2-14-9-6(4)15-11(16-17-13)18(9)10-8(20)7(19)5(25-10)3-24-26(21,22)23;1-15-3-14-10-6(9(15)12)13-4-16(10)11-8(18)7(17)5(23-11)2-22-24(19,20)21;1-12-9-6-10(14-3-13-9)16(4-15-6)11-8(18)7(17)5(23-11)2-22-24(19,20)21;15-5-1-2-12-10-7(5)13-4-14(10)11-9(17)8(16)6(22-11)3-21-23(18,19)20/h4,6,8-9,12,18-19H,3H2,1-2H3,(H,13,15,16)(H2,20,21,22);1-2,4,6,8-9,11,16-17H,3H2,(H2,18,19,20);1-2,5,7-8,10,19-20H,3H2,(H2,12,14)(H2,21,22,23);3-5,7-8,11-12,17-18H,2H2,1H3,(H2,19,20,21);3-5,7-8,11,17-18H,2H2,1H3,(H,12,13,14)(H2,19,20,21);2,4,6,8-9,11,16-17H,1,3H2,(H2,18,19,20)/t6-,8-,9-,12-;6-,8-,9-,11-;5-,7-,8-,10-;2*5-,7-,8-,11-;6-,8-,9-,11-/m111111/s1. The van der Waals surface area contributed by atoms with Gasteiger partial charge in [-0.25, -0.2) is 97.2 Å². The highest BCUT2D eigenvalue weighted by Gasteiger charge is 2.52. The molecule has 18 heterocycles. The lowest BCUT2D eigenvalue weighted by Crippen LogP contribution is -2.33. The van der Waals surface area contributed by atoms with E-state index in [-0.39, 0.29) is 63.2 Å². The van der Waals surface area contributed by atoms with Crippen LogP contribution < -0.4 is 21.9 Å². The first kappa shape index (κ1) is 112. The number of phosphoric acid groups is 6. The monoisotopic (exact) mass is 2200 g/mol. The van der Waals surface area contributed by atoms with Gasteiger partial charge in [-0.1, -0.05) is 11.6 Å². The highest BCUT2D eigenvalue weighted by atomic mass is 35.5. The van der Waals surface area contributed by atoms with Crippen LogP contribution in [0.1, 0.15) is 60.1 Å². The zero-order valence-corrected chi connectivity index (χ0v) is 80.2. The minimum absolute atomic E-state index is 0.105. The summed E-state index contributed by atoms with van der Waals surface area (Å²) in [5, 5.41) is 139. The Bertz CT molecular complexity index is 6930. The first-order valence-electron chi connectivity index (χ1n) is 41.2. The van der Waals surface area contributed by atoms with Crippen LogP contribution in [0.25, 0.3) is 66.3 Å². The summed E-state index contributed by atoms with van der Waals surface area (Å²) in [5.41, 5.74) is 18.2. The summed E-state index contributed by atoms with van der Waals surface area (Å²) in [6.45, 7) is -1.95. The number of pyridine rings is 2. The second kappa shape index (κ2) is 45.7. The number of carbonyl (C=O) groups is 1. The number of anilines is 3. The van der Waals surface area contributed by atoms with Crippen LogP contribution in [-0.4, -0.2) is 392 Å². The Morgan fingerprint density at radius 3 is 1.21 bits per heavy atom. The van der Waals surface area contributed by atoms with E-state index in [1.807, 2.05) is 0 Å². The minimum Gasteiger partial charge on any atom is -0.397 e. The molecular formula is C67H91ClN28O43P6. The Balaban J connectivity index is 0.000000146. The molecule has 29 N–H and O–H groups in total. The number of ether oxygens (including phenoxy) is 6. The second-order valence-electron chi connectivity index (χ2n) is 31.4. The smallest absolute Gasteiger partial charge is 0.397 e. The molecule has 24 atom stereocenters. The second-order valence-corrected chi connectivity index (χ2v) is 39.3. The van der Waals surface area contributed by atoms with Gasteiger partial charge < -0.3 is 169 Å². The molecule has 0 aromatic carbocycles. The summed E-state index contributed by atoms with van der Waals surface area (Å²) >= 11 is 6.00. The number of Topliss-reactive ketones (excluding diaryl/α,β-unsaturated/α-hetero) is 1. The van der Waals surface area contributed by atoms with Gasteiger partial charge in [0.1, 0.15) is 144 Å². The molecule has 71 nitrogen and oxygen atoms in total. The van der Waals surface area contributed by atoms with Gasteiger partial charge in [-0.2, -0.15) is 0 Å². The molecule has 0 aliphatic carbocycles. The number of azide groups is 1. The summed E-state index contributed by atoms with van der Waals surface area (Å²) in [7, 11) is -23.4. The SMILES string of the molecule is CNc1nc(C)nc2c1ncn2[C@@H]1O[C@H](COP(=O)(O)O)[C@@H](O)[C@H]1O.CNc1ncnc2c1ncn2[C@@H]1O[C@H](COP(=O)(O)O)[C@@H](O)[C@H]1O.Cn1cnc2c(ncn2[C@@H]2O[C@H](COP(=O)(O)O)[C@@H](O)[C@H]2O)c1=N.O=C1CC=Nc2c1ncn2[C@@H]1O[C@H](COP(=O)(O)O)[C@@H](O)[C@H]1O.O=P(O)(O)OC[C@H]1O[C@@H](n2cnc3c(Cl)ccnc32)[C@H](O)[C@@H]1O.[N-]=[N+]=Nc1nc2c(N)ccnc2n1[C@@H]1O[C@H](COP(=O)(O)O)[C@@H](O)[C@H]1O. The van der Waals surface area contributed by atoms with Crippen LogP contribution in [0, 0.1) is 12.3 Å². The largest absolute Gasteiger partial charge is 0.469 e. The van der Waals surface area contributed by atoms with Crippen LogP contribution in [0.15, 0.2) is 78.9 Å². The molecule has 7 aliphatic heterocycles. The van der Waals surface area contributed by atoms with Crippen LogP contribution in [0.4, 0.5) is 29.1 Å². The average Bonchev–Trinajstić information content (AvgIpc) is 1.65. The molecule has 145 heavy (non-hydrogen) atoms. The molecule has 6 saturated heterocycles. The Morgan fingerprint density at radius 1 is 0.441 bits per heavy atom. The van der Waals surface area contributed by atoms with Crippen molar-refractivity contribution in [1.29, 1.82) is 5.41 Å². The van der Waals surface area contributed by atoms with E-state index in [1.54, 1.807) is 34.1 Å². The number of rotatable bonds is 27. The topological polar surface area (TPSA) is 1050 Å². The number of nitrogens with two attached hydrogens (primary N) is 1. The third-order valence-electron chi connectivity index (χ3n) is 21.8. The van der Waals surface area contributed by atoms with E-state index in [9.17, 15) is 93.5 Å². The van der Waals surface area contributed by atoms with Gasteiger partial charge in [-0.05, 0) is 29.7 Å². The van der Waals surface area contributed by atoms with Crippen molar-refractivity contribution in [3.8, 4) is 0 Å². The number of imidazole rings is 6. The molecule has 11 aromatic rings. The van der Waals surface area contributed by atoms with E-state index < -0.39 is 234 Å². The van der Waals surface area contributed by atoms with Crippen LogP contribution in [0.3, 0.4) is 0 Å². The van der Waals surface area contributed by atoms with Crippen molar-refractivity contribution >= 4 is 155 Å². The number of phosphoric ester groups is 6.